The van der Waals surface area contributed by atoms with Crippen molar-refractivity contribution in [1.29, 1.82) is 0 Å². The summed E-state index contributed by atoms with van der Waals surface area (Å²) in [6, 6.07) is 0. The summed E-state index contributed by atoms with van der Waals surface area (Å²) in [5.74, 6) is -0.891. The standard InChI is InChI=1S/C64H114O6/c1-4-7-10-13-16-19-22-25-28-30-32-34-36-39-42-45-48-51-54-57-63(66)69-60-61(59-68-62(65)56-53-50-47-44-41-38-35-27-24-21-18-15-12-9-6-3)70-64(67)58-55-52-49-46-43-40-37-33-31-29-26-23-20-17-14-11-8-5-2/h9,12,18,21,25,27-29,31,35,61H,4-8,10-11,13-17,19-20,22-24,26,30,32-34,36-60H2,1-3H3/b12-9-,21-18-,28-25-,31-29-,35-27-. The smallest absolute Gasteiger partial charge is 0.306 e. The first-order valence-electron chi connectivity index (χ1n) is 30.3. The van der Waals surface area contributed by atoms with Gasteiger partial charge in [0.05, 0.1) is 0 Å². The molecule has 0 saturated heterocycles. The molecule has 0 saturated carbocycles. The summed E-state index contributed by atoms with van der Waals surface area (Å²) in [6.45, 7) is 6.54. The Bertz CT molecular complexity index is 1260. The highest BCUT2D eigenvalue weighted by molar-refractivity contribution is 5.71. The van der Waals surface area contributed by atoms with Gasteiger partial charge in [-0.2, -0.15) is 0 Å². The van der Waals surface area contributed by atoms with E-state index in [1.165, 1.54) is 173 Å². The molecule has 0 N–H and O–H groups in total. The minimum absolute atomic E-state index is 0.0812. The van der Waals surface area contributed by atoms with Crippen LogP contribution < -0.4 is 0 Å². The highest BCUT2D eigenvalue weighted by atomic mass is 16.6. The minimum atomic E-state index is -0.785. The van der Waals surface area contributed by atoms with Crippen molar-refractivity contribution < 1.29 is 28.6 Å². The summed E-state index contributed by atoms with van der Waals surface area (Å²) in [6.07, 6.45) is 73.6. The lowest BCUT2D eigenvalue weighted by molar-refractivity contribution is -0.167. The van der Waals surface area contributed by atoms with Gasteiger partial charge >= 0.3 is 17.9 Å². The average Bonchev–Trinajstić information content (AvgIpc) is 3.36. The Morgan fingerprint density at radius 3 is 0.886 bits per heavy atom. The fourth-order valence-electron chi connectivity index (χ4n) is 8.68. The van der Waals surface area contributed by atoms with E-state index in [-0.39, 0.29) is 31.1 Å². The molecule has 0 heterocycles. The van der Waals surface area contributed by atoms with Crippen molar-refractivity contribution in [3.63, 3.8) is 0 Å². The summed E-state index contributed by atoms with van der Waals surface area (Å²) < 4.78 is 16.9. The van der Waals surface area contributed by atoms with Crippen LogP contribution in [0.2, 0.25) is 0 Å². The normalized spacial score (nSPS) is 12.4. The van der Waals surface area contributed by atoms with E-state index in [1.54, 1.807) is 0 Å². The van der Waals surface area contributed by atoms with Crippen molar-refractivity contribution in [1.82, 2.24) is 0 Å². The van der Waals surface area contributed by atoms with Gasteiger partial charge in [0.2, 0.25) is 0 Å². The zero-order valence-electron chi connectivity index (χ0n) is 46.5. The van der Waals surface area contributed by atoms with Crippen LogP contribution in [-0.2, 0) is 28.6 Å². The first kappa shape index (κ1) is 67.1. The molecule has 0 aliphatic carbocycles. The van der Waals surface area contributed by atoms with Gasteiger partial charge in [-0.25, -0.2) is 0 Å². The van der Waals surface area contributed by atoms with Crippen molar-refractivity contribution in [2.24, 2.45) is 0 Å². The van der Waals surface area contributed by atoms with Crippen LogP contribution in [0.5, 0.6) is 0 Å². The average molecular weight is 980 g/mol. The largest absolute Gasteiger partial charge is 0.462 e. The fraction of sp³-hybridized carbons (Fsp3) is 0.797. The molecule has 0 aromatic rings. The Balaban J connectivity index is 4.38. The summed E-state index contributed by atoms with van der Waals surface area (Å²) >= 11 is 0. The SMILES string of the molecule is CC/C=C\C/C=C\C/C=C\CCCCCCCC(=O)OCC(COC(=O)CCCCCCCCCCC/C=C\CCCCCCCC)OC(=O)CCCCCCCCC/C=C\CCCCCCCCC. The molecule has 0 fully saturated rings. The molecular weight excluding hydrogens is 865 g/mol. The number of hydrogen-bond acceptors (Lipinski definition) is 6. The number of carbonyl (C=O) groups excluding carboxylic acids is 3. The highest BCUT2D eigenvalue weighted by Crippen LogP contribution is 2.16. The van der Waals surface area contributed by atoms with Crippen LogP contribution in [0.3, 0.4) is 0 Å². The minimum Gasteiger partial charge on any atom is -0.462 e. The molecule has 0 spiro atoms. The molecule has 0 radical (unpaired) electrons. The van der Waals surface area contributed by atoms with Crippen molar-refractivity contribution in [2.45, 2.75) is 316 Å². The predicted octanol–water partition coefficient (Wildman–Crippen LogP) is 20.4. The van der Waals surface area contributed by atoms with E-state index in [0.29, 0.717) is 19.3 Å². The molecule has 6 nitrogen and oxygen atoms in total. The van der Waals surface area contributed by atoms with Crippen LogP contribution in [0.4, 0.5) is 0 Å². The van der Waals surface area contributed by atoms with Crippen LogP contribution >= 0.6 is 0 Å². The molecule has 1 unspecified atom stereocenters. The Morgan fingerprint density at radius 1 is 0.300 bits per heavy atom. The highest BCUT2D eigenvalue weighted by Gasteiger charge is 2.19. The molecule has 6 heteroatoms. The van der Waals surface area contributed by atoms with E-state index in [2.05, 4.69) is 81.5 Å². The van der Waals surface area contributed by atoms with Crippen LogP contribution in [0.15, 0.2) is 60.8 Å². The number of esters is 3. The Kier molecular flexibility index (Phi) is 56.3. The van der Waals surface area contributed by atoms with Gasteiger partial charge in [0.25, 0.3) is 0 Å². The fourth-order valence-corrected chi connectivity index (χ4v) is 8.68. The summed E-state index contributed by atoms with van der Waals surface area (Å²) in [5.41, 5.74) is 0. The third kappa shape index (κ3) is 56.0. The Labute approximate surface area is 434 Å². The monoisotopic (exact) mass is 979 g/mol. The van der Waals surface area contributed by atoms with E-state index in [9.17, 15) is 14.4 Å². The van der Waals surface area contributed by atoms with Gasteiger partial charge in [-0.05, 0) is 103 Å². The third-order valence-electron chi connectivity index (χ3n) is 13.2. The zero-order chi connectivity index (χ0) is 50.7. The summed E-state index contributed by atoms with van der Waals surface area (Å²) in [4.78, 5) is 38.2. The molecule has 0 aromatic carbocycles. The number of ether oxygens (including phenoxy) is 3. The third-order valence-corrected chi connectivity index (χ3v) is 13.2. The molecule has 70 heavy (non-hydrogen) atoms. The van der Waals surface area contributed by atoms with Gasteiger partial charge in [0.1, 0.15) is 13.2 Å². The van der Waals surface area contributed by atoms with Gasteiger partial charge in [0.15, 0.2) is 6.10 Å². The quantitative estimate of drug-likeness (QED) is 0.0261. The van der Waals surface area contributed by atoms with Crippen molar-refractivity contribution in [2.75, 3.05) is 13.2 Å². The maximum Gasteiger partial charge on any atom is 0.306 e. The molecule has 0 aliphatic rings. The molecule has 406 valence electrons. The van der Waals surface area contributed by atoms with Crippen LogP contribution in [0.25, 0.3) is 0 Å². The lowest BCUT2D eigenvalue weighted by Crippen LogP contribution is -2.30. The molecule has 0 aromatic heterocycles. The zero-order valence-corrected chi connectivity index (χ0v) is 46.5. The lowest BCUT2D eigenvalue weighted by atomic mass is 10.1. The van der Waals surface area contributed by atoms with Gasteiger partial charge < -0.3 is 14.2 Å². The molecular formula is C64H114O6. The van der Waals surface area contributed by atoms with Gasteiger partial charge in [-0.3, -0.25) is 14.4 Å². The topological polar surface area (TPSA) is 78.9 Å². The molecule has 0 bridgehead atoms. The first-order chi connectivity index (χ1) is 34.5. The second-order valence-electron chi connectivity index (χ2n) is 20.2. The second kappa shape index (κ2) is 58.7. The molecule has 0 rings (SSSR count). The van der Waals surface area contributed by atoms with Crippen molar-refractivity contribution in [3.05, 3.63) is 60.8 Å². The van der Waals surface area contributed by atoms with Crippen molar-refractivity contribution in [3.8, 4) is 0 Å². The number of hydrogen-bond donors (Lipinski definition) is 0. The molecule has 0 aliphatic heterocycles. The summed E-state index contributed by atoms with van der Waals surface area (Å²) in [7, 11) is 0. The van der Waals surface area contributed by atoms with E-state index < -0.39 is 6.10 Å². The maximum atomic E-state index is 12.9. The number of allylic oxidation sites excluding steroid dienone is 10. The van der Waals surface area contributed by atoms with Gasteiger partial charge in [-0.1, -0.05) is 248 Å². The van der Waals surface area contributed by atoms with Crippen LogP contribution in [-0.4, -0.2) is 37.2 Å². The van der Waals surface area contributed by atoms with Crippen molar-refractivity contribution >= 4 is 17.9 Å². The first-order valence-corrected chi connectivity index (χ1v) is 30.3. The maximum absolute atomic E-state index is 12.9. The number of carbonyl (C=O) groups is 3. The van der Waals surface area contributed by atoms with Crippen LogP contribution in [0.1, 0.15) is 310 Å². The van der Waals surface area contributed by atoms with E-state index in [0.717, 1.165) is 96.3 Å². The lowest BCUT2D eigenvalue weighted by Gasteiger charge is -2.18. The number of rotatable bonds is 55. The predicted molar refractivity (Wildman–Crippen MR) is 302 cm³/mol. The van der Waals surface area contributed by atoms with Gasteiger partial charge in [0, 0.05) is 19.3 Å². The Hall–Kier alpha value is -2.89. The molecule has 1 atom stereocenters. The van der Waals surface area contributed by atoms with Gasteiger partial charge in [-0.15, -0.1) is 0 Å². The van der Waals surface area contributed by atoms with E-state index in [4.69, 9.17) is 14.2 Å². The Morgan fingerprint density at radius 2 is 0.557 bits per heavy atom. The second-order valence-corrected chi connectivity index (χ2v) is 20.2. The van der Waals surface area contributed by atoms with Crippen LogP contribution in [0, 0.1) is 0 Å². The number of unbranched alkanes of at least 4 members (excludes halogenated alkanes) is 34. The van der Waals surface area contributed by atoms with E-state index in [1.807, 2.05) is 0 Å². The molecule has 0 amide bonds. The summed E-state index contributed by atoms with van der Waals surface area (Å²) in [5, 5.41) is 0. The van der Waals surface area contributed by atoms with E-state index >= 15 is 0 Å².